The van der Waals surface area contributed by atoms with Crippen LogP contribution < -0.4 is 0 Å². The molecule has 3 atom stereocenters. The van der Waals surface area contributed by atoms with Crippen molar-refractivity contribution in [2.45, 2.75) is 17.6 Å². The highest BCUT2D eigenvalue weighted by Gasteiger charge is 2.46. The summed E-state index contributed by atoms with van der Waals surface area (Å²) in [6.45, 7) is 6.37. The van der Waals surface area contributed by atoms with Gasteiger partial charge in [0.25, 0.3) is 0 Å². The van der Waals surface area contributed by atoms with Crippen molar-refractivity contribution in [2.75, 3.05) is 5.75 Å². The van der Waals surface area contributed by atoms with Crippen molar-refractivity contribution in [3.8, 4) is 0 Å². The lowest BCUT2D eigenvalue weighted by molar-refractivity contribution is -0.142. The minimum atomic E-state index is -4.96. The summed E-state index contributed by atoms with van der Waals surface area (Å²) in [4.78, 5) is 48.8. The molecule has 0 heterocycles. The third-order valence-electron chi connectivity index (χ3n) is 2.54. The van der Waals surface area contributed by atoms with E-state index in [0.717, 1.165) is 12.2 Å². The first-order valence-corrected chi connectivity index (χ1v) is 9.38. The first-order chi connectivity index (χ1) is 9.41. The van der Waals surface area contributed by atoms with Gasteiger partial charge in [0.2, 0.25) is 0 Å². The van der Waals surface area contributed by atoms with E-state index >= 15 is 0 Å². The van der Waals surface area contributed by atoms with E-state index in [4.69, 9.17) is 5.11 Å². The van der Waals surface area contributed by atoms with E-state index in [1.807, 2.05) is 0 Å². The summed E-state index contributed by atoms with van der Waals surface area (Å²) in [5.41, 5.74) is 0. The number of carbonyl (C=O) groups is 1. The number of nitrogens with zero attached hydrogens (tertiary/aromatic N) is 1. The highest BCUT2D eigenvalue weighted by molar-refractivity contribution is 7.80. The first-order valence-electron chi connectivity index (χ1n) is 5.38. The monoisotopic (exact) mass is 361 g/mol. The van der Waals surface area contributed by atoms with Gasteiger partial charge in [0.1, 0.15) is 17.6 Å². The van der Waals surface area contributed by atoms with Crippen molar-refractivity contribution < 1.29 is 38.6 Å². The van der Waals surface area contributed by atoms with E-state index in [9.17, 15) is 33.5 Å². The molecule has 21 heavy (non-hydrogen) atoms. The van der Waals surface area contributed by atoms with Gasteiger partial charge in [-0.05, 0) is 0 Å². The molecule has 0 aliphatic heterocycles. The van der Waals surface area contributed by atoms with Gasteiger partial charge in [0.05, 0.1) is 0 Å². The molecule has 0 saturated carbocycles. The molecule has 122 valence electrons. The van der Waals surface area contributed by atoms with E-state index in [-0.39, 0.29) is 0 Å². The molecule has 0 bridgehead atoms. The molecule has 2 unspecified atom stereocenters. The van der Waals surface area contributed by atoms with E-state index < -0.39 is 44.5 Å². The van der Waals surface area contributed by atoms with Crippen LogP contribution in [0.5, 0.6) is 0 Å². The quantitative estimate of drug-likeness (QED) is 0.190. The smallest absolute Gasteiger partial charge is 0.346 e. The predicted octanol–water partition coefficient (Wildman–Crippen LogP) is 0.0510. The summed E-state index contributed by atoms with van der Waals surface area (Å²) in [6, 6.07) is -1.67. The van der Waals surface area contributed by atoms with Gasteiger partial charge in [-0.2, -0.15) is 12.6 Å². The van der Waals surface area contributed by atoms with Crippen LogP contribution in [0.25, 0.3) is 0 Å². The minimum absolute atomic E-state index is 0.440. The highest BCUT2D eigenvalue weighted by atomic mass is 32.1. The normalized spacial score (nSPS) is 17.0. The SMILES string of the molecule is C=CC(N(C(C=C)P(=O)(O)O)[C@@H](CS)C(=O)O)P(=O)(O)O. The average Bonchev–Trinajstić information content (AvgIpc) is 2.26. The molecule has 0 radical (unpaired) electrons. The summed E-state index contributed by atoms with van der Waals surface area (Å²) < 4.78 is 22.9. The Morgan fingerprint density at radius 1 is 1.10 bits per heavy atom. The lowest BCUT2D eigenvalue weighted by Crippen LogP contribution is -2.52. The van der Waals surface area contributed by atoms with Crippen molar-refractivity contribution >= 4 is 33.8 Å². The lowest BCUT2D eigenvalue weighted by atomic mass is 10.2. The zero-order valence-electron chi connectivity index (χ0n) is 10.8. The van der Waals surface area contributed by atoms with Crippen LogP contribution in [-0.2, 0) is 13.9 Å². The fourth-order valence-corrected chi connectivity index (χ4v) is 3.99. The molecular weight excluding hydrogens is 344 g/mol. The van der Waals surface area contributed by atoms with Crippen LogP contribution in [0.15, 0.2) is 25.3 Å². The minimum Gasteiger partial charge on any atom is -0.480 e. The zero-order chi connectivity index (χ0) is 17.0. The van der Waals surface area contributed by atoms with Crippen LogP contribution in [-0.4, -0.2) is 58.9 Å². The summed E-state index contributed by atoms with van der Waals surface area (Å²) in [7, 11) is -9.91. The Morgan fingerprint density at radius 2 is 1.43 bits per heavy atom. The Labute approximate surface area is 126 Å². The highest BCUT2D eigenvalue weighted by Crippen LogP contribution is 2.51. The van der Waals surface area contributed by atoms with Crippen LogP contribution >= 0.6 is 27.8 Å². The standard InChI is InChI=1S/C9H17NO8P2S/c1-3-7(19(13,14)15)10(6(5-21)9(11)12)8(4-2)20(16,17)18/h3-4,6-8,21H,1-2,5H2,(H,11,12)(H2,13,14,15)(H2,16,17,18)/t6-,7?,8?/m0/s1. The molecule has 0 rings (SSSR count). The molecule has 0 aromatic carbocycles. The number of aliphatic carboxylic acids is 1. The number of thiol groups is 1. The third-order valence-corrected chi connectivity index (χ3v) is 5.22. The van der Waals surface area contributed by atoms with Crippen LogP contribution in [0.3, 0.4) is 0 Å². The Balaban J connectivity index is 6.17. The molecule has 12 heteroatoms. The molecule has 0 saturated heterocycles. The zero-order valence-corrected chi connectivity index (χ0v) is 13.4. The van der Waals surface area contributed by atoms with Crippen molar-refractivity contribution in [1.82, 2.24) is 4.90 Å². The topological polar surface area (TPSA) is 156 Å². The van der Waals surface area contributed by atoms with Crippen molar-refractivity contribution in [2.24, 2.45) is 0 Å². The maximum atomic E-state index is 11.5. The van der Waals surface area contributed by atoms with Crippen LogP contribution in [0.4, 0.5) is 0 Å². The van der Waals surface area contributed by atoms with Gasteiger partial charge in [0, 0.05) is 5.75 Å². The summed E-state index contributed by atoms with van der Waals surface area (Å²) in [5, 5.41) is 9.10. The molecule has 0 spiro atoms. The third kappa shape index (κ3) is 5.36. The summed E-state index contributed by atoms with van der Waals surface area (Å²) >= 11 is 3.76. The van der Waals surface area contributed by atoms with Crippen LogP contribution in [0, 0.1) is 0 Å². The van der Waals surface area contributed by atoms with Crippen molar-refractivity contribution in [3.63, 3.8) is 0 Å². The Morgan fingerprint density at radius 3 is 1.57 bits per heavy atom. The Kier molecular flexibility index (Phi) is 7.55. The maximum Gasteiger partial charge on any atom is 0.346 e. The summed E-state index contributed by atoms with van der Waals surface area (Å²) in [5.74, 6) is -5.82. The number of rotatable bonds is 9. The lowest BCUT2D eigenvalue weighted by Gasteiger charge is -2.38. The summed E-state index contributed by atoms with van der Waals surface area (Å²) in [6.07, 6.45) is 1.46. The molecule has 9 nitrogen and oxygen atoms in total. The molecule has 5 N–H and O–H groups in total. The molecule has 0 amide bonds. The number of carboxylic acids is 1. The second-order valence-corrected chi connectivity index (χ2v) is 7.74. The Hall–Kier alpha value is -0.440. The van der Waals surface area contributed by atoms with E-state index in [0.29, 0.717) is 4.90 Å². The molecule has 0 fully saturated rings. The molecule has 0 aromatic rings. The van der Waals surface area contributed by atoms with Gasteiger partial charge in [-0.25, -0.2) is 0 Å². The second-order valence-electron chi connectivity index (χ2n) is 3.96. The van der Waals surface area contributed by atoms with Crippen LogP contribution in [0.2, 0.25) is 0 Å². The molecule has 0 aliphatic rings. The fraction of sp³-hybridized carbons (Fsp3) is 0.444. The van der Waals surface area contributed by atoms with E-state index in [1.165, 1.54) is 0 Å². The molecule has 0 aliphatic carbocycles. The fourth-order valence-electron chi connectivity index (χ4n) is 1.69. The Bertz CT molecular complexity index is 466. The van der Waals surface area contributed by atoms with Gasteiger partial charge in [0.15, 0.2) is 0 Å². The predicted molar refractivity (Wildman–Crippen MR) is 79.2 cm³/mol. The first kappa shape index (κ1) is 20.6. The van der Waals surface area contributed by atoms with Gasteiger partial charge in [-0.1, -0.05) is 12.2 Å². The molecule has 0 aromatic heterocycles. The van der Waals surface area contributed by atoms with Crippen LogP contribution in [0.1, 0.15) is 0 Å². The number of hydrogen-bond donors (Lipinski definition) is 6. The maximum absolute atomic E-state index is 11.5. The van der Waals surface area contributed by atoms with Gasteiger partial charge in [-0.15, -0.1) is 13.2 Å². The van der Waals surface area contributed by atoms with E-state index in [1.54, 1.807) is 0 Å². The van der Waals surface area contributed by atoms with Gasteiger partial charge in [-0.3, -0.25) is 18.8 Å². The van der Waals surface area contributed by atoms with Gasteiger partial charge < -0.3 is 24.7 Å². The second kappa shape index (κ2) is 7.71. The van der Waals surface area contributed by atoms with Gasteiger partial charge >= 0.3 is 21.2 Å². The number of hydrogen-bond acceptors (Lipinski definition) is 5. The van der Waals surface area contributed by atoms with E-state index in [2.05, 4.69) is 25.8 Å². The van der Waals surface area contributed by atoms with Crippen molar-refractivity contribution in [3.05, 3.63) is 25.3 Å². The largest absolute Gasteiger partial charge is 0.480 e. The van der Waals surface area contributed by atoms with Crippen molar-refractivity contribution in [1.29, 1.82) is 0 Å². The number of carboxylic acid groups (broad SMARTS) is 1. The molecular formula is C9H17NO8P2S. The average molecular weight is 361 g/mol.